The van der Waals surface area contributed by atoms with Crippen LogP contribution in [0.4, 0.5) is 0 Å². The van der Waals surface area contributed by atoms with E-state index in [2.05, 4.69) is 26.1 Å². The first-order chi connectivity index (χ1) is 16.8. The number of aromatic nitrogens is 4. The number of hydrogen-bond donors (Lipinski definition) is 2. The fraction of sp³-hybridized carbons (Fsp3) is 0.200. The van der Waals surface area contributed by atoms with Crippen LogP contribution in [0.1, 0.15) is 28.7 Å². The molecule has 0 saturated heterocycles. The molecular weight excluding hydrogens is 468 g/mol. The number of aryl methyl sites for hydroxylation is 1. The van der Waals surface area contributed by atoms with E-state index in [0.29, 0.717) is 44.4 Å². The van der Waals surface area contributed by atoms with Gasteiger partial charge in [0.1, 0.15) is 16.5 Å². The highest BCUT2D eigenvalue weighted by atomic mass is 35.5. The molecule has 3 aromatic heterocycles. The Labute approximate surface area is 206 Å². The van der Waals surface area contributed by atoms with Gasteiger partial charge in [0.15, 0.2) is 5.65 Å². The fourth-order valence-electron chi connectivity index (χ4n) is 3.54. The Balaban J connectivity index is 1.89. The summed E-state index contributed by atoms with van der Waals surface area (Å²) in [5, 5.41) is 33.1. The zero-order valence-electron chi connectivity index (χ0n) is 18.9. The number of nitrogens with zero attached hydrogens (tertiary/aromatic N) is 6. The molecule has 9 nitrogen and oxygen atoms in total. The highest BCUT2D eigenvalue weighted by Gasteiger charge is 2.21. The predicted molar refractivity (Wildman–Crippen MR) is 131 cm³/mol. The average Bonchev–Trinajstić information content (AvgIpc) is 3.24. The normalized spacial score (nSPS) is 13.1. The van der Waals surface area contributed by atoms with Gasteiger partial charge in [-0.3, -0.25) is 4.79 Å². The van der Waals surface area contributed by atoms with Gasteiger partial charge in [0, 0.05) is 29.6 Å². The molecule has 10 heteroatoms. The lowest BCUT2D eigenvalue weighted by atomic mass is 10.00. The Hall–Kier alpha value is -3.97. The minimum atomic E-state index is -1.02. The number of aliphatic hydroxyl groups excluding tert-OH is 2. The standard InChI is InChI=1S/C25H21ClN6O3/c1-14(20(34)13-33)12-28-25(35)19-6-7-32-24(30-19)22(18-8-15(2)29-21(26)10-18)23(31-32)17-5-3-4-16(9-17)11-27/h3-10,12,14,20,33-34H,13H2,1-2H3/b28-12+/t14?,20-/m1/s1. The van der Waals surface area contributed by atoms with E-state index in [-0.39, 0.29) is 5.69 Å². The van der Waals surface area contributed by atoms with Crippen LogP contribution in [-0.2, 0) is 0 Å². The molecule has 0 aliphatic carbocycles. The lowest BCUT2D eigenvalue weighted by molar-refractivity contribution is 0.0750. The Bertz CT molecular complexity index is 1470. The zero-order chi connectivity index (χ0) is 25.1. The molecule has 0 aliphatic heterocycles. The monoisotopic (exact) mass is 488 g/mol. The van der Waals surface area contributed by atoms with Crippen molar-refractivity contribution >= 4 is 29.4 Å². The Morgan fingerprint density at radius 3 is 2.77 bits per heavy atom. The van der Waals surface area contributed by atoms with Gasteiger partial charge in [0.2, 0.25) is 0 Å². The minimum absolute atomic E-state index is 0.0785. The lowest BCUT2D eigenvalue weighted by Gasteiger charge is -2.10. The lowest BCUT2D eigenvalue weighted by Crippen LogP contribution is -2.23. The summed E-state index contributed by atoms with van der Waals surface area (Å²) in [6.07, 6.45) is 1.88. The van der Waals surface area contributed by atoms with E-state index in [0.717, 1.165) is 0 Å². The quantitative estimate of drug-likeness (QED) is 0.313. The largest absolute Gasteiger partial charge is 0.394 e. The van der Waals surface area contributed by atoms with Crippen LogP contribution in [0.15, 0.2) is 53.7 Å². The van der Waals surface area contributed by atoms with Crippen molar-refractivity contribution in [2.45, 2.75) is 20.0 Å². The molecule has 4 rings (SSSR count). The van der Waals surface area contributed by atoms with Crippen LogP contribution in [0.3, 0.4) is 0 Å². The summed E-state index contributed by atoms with van der Waals surface area (Å²) in [5.74, 6) is -1.12. The number of halogens is 1. The SMILES string of the molecule is Cc1cc(-c2c(-c3cccc(C#N)c3)nn3ccc(C(=O)/N=C/C(C)[C@H](O)CO)nc23)cc(Cl)n1. The van der Waals surface area contributed by atoms with E-state index in [1.54, 1.807) is 41.9 Å². The summed E-state index contributed by atoms with van der Waals surface area (Å²) >= 11 is 6.24. The summed E-state index contributed by atoms with van der Waals surface area (Å²) in [5.41, 5.74) is 4.23. The number of aliphatic imine (C=N–C) groups is 1. The van der Waals surface area contributed by atoms with Crippen LogP contribution in [0.5, 0.6) is 0 Å². The first kappa shape index (κ1) is 24.2. The van der Waals surface area contributed by atoms with Gasteiger partial charge in [-0.1, -0.05) is 30.7 Å². The van der Waals surface area contributed by atoms with E-state index in [4.69, 9.17) is 16.7 Å². The average molecular weight is 489 g/mol. The van der Waals surface area contributed by atoms with Gasteiger partial charge in [0.25, 0.3) is 5.91 Å². The highest BCUT2D eigenvalue weighted by Crippen LogP contribution is 2.36. The number of amides is 1. The van der Waals surface area contributed by atoms with Gasteiger partial charge in [-0.25, -0.2) is 19.5 Å². The molecule has 35 heavy (non-hydrogen) atoms. The van der Waals surface area contributed by atoms with E-state index in [1.165, 1.54) is 12.3 Å². The third-order valence-electron chi connectivity index (χ3n) is 5.40. The molecule has 1 amide bonds. The summed E-state index contributed by atoms with van der Waals surface area (Å²) < 4.78 is 1.55. The van der Waals surface area contributed by atoms with Gasteiger partial charge in [0.05, 0.1) is 29.9 Å². The molecule has 3 heterocycles. The molecule has 2 atom stereocenters. The third kappa shape index (κ3) is 5.10. The maximum atomic E-state index is 12.7. The van der Waals surface area contributed by atoms with Crippen molar-refractivity contribution in [3.8, 4) is 28.5 Å². The molecule has 0 bridgehead atoms. The number of fused-ring (bicyclic) bond motifs is 1. The number of carbonyl (C=O) groups excluding carboxylic acids is 1. The smallest absolute Gasteiger partial charge is 0.295 e. The second-order valence-corrected chi connectivity index (χ2v) is 8.40. The summed E-state index contributed by atoms with van der Waals surface area (Å²) in [4.78, 5) is 25.4. The molecule has 2 N–H and O–H groups in total. The number of hydrogen-bond acceptors (Lipinski definition) is 7. The van der Waals surface area contributed by atoms with Crippen LogP contribution < -0.4 is 0 Å². The number of benzene rings is 1. The van der Waals surface area contributed by atoms with Crippen molar-refractivity contribution in [3.63, 3.8) is 0 Å². The first-order valence-electron chi connectivity index (χ1n) is 10.7. The van der Waals surface area contributed by atoms with Crippen LogP contribution in [0.2, 0.25) is 5.15 Å². The first-order valence-corrected chi connectivity index (χ1v) is 11.1. The summed E-state index contributed by atoms with van der Waals surface area (Å²) in [7, 11) is 0. The number of rotatable bonds is 6. The van der Waals surface area contributed by atoms with E-state index < -0.39 is 24.5 Å². The number of pyridine rings is 1. The summed E-state index contributed by atoms with van der Waals surface area (Å²) in [6, 6.07) is 14.2. The predicted octanol–water partition coefficient (Wildman–Crippen LogP) is 3.49. The molecule has 4 aromatic rings. The molecule has 176 valence electrons. The van der Waals surface area contributed by atoms with E-state index in [9.17, 15) is 15.2 Å². The van der Waals surface area contributed by atoms with Crippen molar-refractivity contribution in [1.29, 1.82) is 5.26 Å². The molecule has 1 unspecified atom stereocenters. The Kier molecular flexibility index (Phi) is 6.98. The van der Waals surface area contributed by atoms with Crippen molar-refractivity contribution in [3.05, 3.63) is 70.8 Å². The highest BCUT2D eigenvalue weighted by molar-refractivity contribution is 6.29. The molecular formula is C25H21ClN6O3. The van der Waals surface area contributed by atoms with Gasteiger partial charge < -0.3 is 10.2 Å². The van der Waals surface area contributed by atoms with Crippen molar-refractivity contribution in [2.24, 2.45) is 10.9 Å². The Morgan fingerprint density at radius 2 is 2.06 bits per heavy atom. The van der Waals surface area contributed by atoms with Crippen LogP contribution in [0, 0.1) is 24.2 Å². The number of aliphatic hydroxyl groups is 2. The third-order valence-corrected chi connectivity index (χ3v) is 5.59. The zero-order valence-corrected chi connectivity index (χ0v) is 19.7. The van der Waals surface area contributed by atoms with Gasteiger partial charge >= 0.3 is 0 Å². The maximum Gasteiger partial charge on any atom is 0.295 e. The molecule has 0 aliphatic rings. The molecule has 1 aromatic carbocycles. The fourth-order valence-corrected chi connectivity index (χ4v) is 3.79. The van der Waals surface area contributed by atoms with Crippen LogP contribution in [-0.4, -0.2) is 54.6 Å². The maximum absolute atomic E-state index is 12.7. The van der Waals surface area contributed by atoms with Gasteiger partial charge in [-0.05, 0) is 42.8 Å². The van der Waals surface area contributed by atoms with Crippen molar-refractivity contribution in [2.75, 3.05) is 6.61 Å². The number of carbonyl (C=O) groups is 1. The van der Waals surface area contributed by atoms with Gasteiger partial charge in [-0.2, -0.15) is 10.4 Å². The number of nitriles is 1. The topological polar surface area (TPSA) is 137 Å². The second-order valence-electron chi connectivity index (χ2n) is 8.01. The Morgan fingerprint density at radius 1 is 1.26 bits per heavy atom. The molecule has 0 fully saturated rings. The second kappa shape index (κ2) is 10.1. The van der Waals surface area contributed by atoms with Crippen LogP contribution >= 0.6 is 11.6 Å². The minimum Gasteiger partial charge on any atom is -0.394 e. The summed E-state index contributed by atoms with van der Waals surface area (Å²) in [6.45, 7) is 3.02. The molecule has 0 saturated carbocycles. The van der Waals surface area contributed by atoms with Crippen molar-refractivity contribution in [1.82, 2.24) is 19.6 Å². The van der Waals surface area contributed by atoms with Gasteiger partial charge in [-0.15, -0.1) is 0 Å². The van der Waals surface area contributed by atoms with Crippen LogP contribution in [0.25, 0.3) is 28.0 Å². The molecule has 0 radical (unpaired) electrons. The van der Waals surface area contributed by atoms with Crippen molar-refractivity contribution < 1.29 is 15.0 Å². The van der Waals surface area contributed by atoms with E-state index >= 15 is 0 Å². The molecule has 0 spiro atoms. The van der Waals surface area contributed by atoms with E-state index in [1.807, 2.05) is 19.1 Å².